The van der Waals surface area contributed by atoms with Crippen LogP contribution in [0.3, 0.4) is 0 Å². The Balaban J connectivity index is 0.000000224. The van der Waals surface area contributed by atoms with Crippen molar-refractivity contribution in [3.05, 3.63) is 25.3 Å². The van der Waals surface area contributed by atoms with Crippen LogP contribution in [-0.4, -0.2) is 160 Å². The zero-order valence-electron chi connectivity index (χ0n) is 33.7. The summed E-state index contributed by atoms with van der Waals surface area (Å²) in [5, 5.41) is 47.2. The zero-order chi connectivity index (χ0) is 43.4. The van der Waals surface area contributed by atoms with Crippen LogP contribution in [0.4, 0.5) is 11.6 Å². The molecule has 2 fully saturated rings. The number of anilines is 2. The van der Waals surface area contributed by atoms with Gasteiger partial charge < -0.3 is 61.8 Å². The lowest BCUT2D eigenvalue weighted by atomic mass is 9.89. The molecule has 6 rings (SSSR count). The van der Waals surface area contributed by atoms with Gasteiger partial charge in [-0.3, -0.25) is 18.7 Å². The SMILES string of the molecule is C#CCC[C@H](N)C(=O)NC1(C)[C@H](O)[C@H](n2cnc3c(N(C)C)ncnc32)O[C@@H]1CO.C#CC[C@H](N)C(=O)NC1(C)[C@H](O)[C@H](n2cnc3c(N(C)C)ncnc32)O[C@@H]1CO. The summed E-state index contributed by atoms with van der Waals surface area (Å²) in [7, 11) is 7.32. The van der Waals surface area contributed by atoms with E-state index in [1.54, 1.807) is 32.8 Å². The monoisotopic (exact) mass is 820 g/mol. The lowest BCUT2D eigenvalue weighted by Gasteiger charge is -2.33. The number of nitrogens with zero attached hydrogens (tertiary/aromatic N) is 10. The molecule has 4 aromatic heterocycles. The molecule has 2 aliphatic heterocycles. The van der Waals surface area contributed by atoms with E-state index in [0.29, 0.717) is 46.8 Å². The van der Waals surface area contributed by atoms with Gasteiger partial charge in [-0.05, 0) is 20.3 Å². The second-order valence-electron chi connectivity index (χ2n) is 15.0. The van der Waals surface area contributed by atoms with Crippen LogP contribution < -0.4 is 31.9 Å². The summed E-state index contributed by atoms with van der Waals surface area (Å²) in [4.78, 5) is 54.2. The number of ether oxygens (including phenoxy) is 2. The van der Waals surface area contributed by atoms with Crippen molar-refractivity contribution < 1.29 is 39.5 Å². The van der Waals surface area contributed by atoms with Crippen molar-refractivity contribution >= 4 is 45.8 Å². The van der Waals surface area contributed by atoms with E-state index in [-0.39, 0.29) is 6.42 Å². The Bertz CT molecular complexity index is 2200. The standard InChI is InChI=1S/C19H27N7O4.C18H25N7O4/c1-5-6-7-11(20)17(29)24-19(2)12(8-27)30-18(14(19)28)26-10-23-13-15(25(3)4)21-9-22-16(13)26;1-5-6-10(19)16(28)23-18(2)11(7-26)29-17(13(18)27)25-9-22-12-14(24(3)4)20-8-21-15(12)25/h1,9-12,14,18,27-28H,6-8,20H2,2-4H3,(H,24,29);1,8-11,13,17,26-27H,6-7,19H2,2-4H3,(H,23,28)/t11-,12+,14+,18+,19?;10-,11+,13+,17+,18?/m00/s1. The zero-order valence-corrected chi connectivity index (χ0v) is 33.7. The Hall–Kier alpha value is -5.56. The lowest BCUT2D eigenvalue weighted by Crippen LogP contribution is -2.62. The molecule has 2 unspecified atom stereocenters. The van der Waals surface area contributed by atoms with Gasteiger partial charge in [0.25, 0.3) is 0 Å². The van der Waals surface area contributed by atoms with Crippen molar-refractivity contribution in [2.45, 2.75) is 93.1 Å². The molecule has 22 nitrogen and oxygen atoms in total. The lowest BCUT2D eigenvalue weighted by molar-refractivity contribution is -0.127. The third-order valence-electron chi connectivity index (χ3n) is 10.5. The summed E-state index contributed by atoms with van der Waals surface area (Å²) in [5.74, 6) is 4.96. The van der Waals surface area contributed by atoms with E-state index in [0.717, 1.165) is 0 Å². The van der Waals surface area contributed by atoms with Gasteiger partial charge in [-0.25, -0.2) is 29.9 Å². The van der Waals surface area contributed by atoms with Crippen molar-refractivity contribution in [1.82, 2.24) is 49.7 Å². The van der Waals surface area contributed by atoms with Crippen LogP contribution >= 0.6 is 0 Å². The van der Waals surface area contributed by atoms with Gasteiger partial charge in [-0.1, -0.05) is 0 Å². The number of imidazole rings is 2. The highest BCUT2D eigenvalue weighted by Crippen LogP contribution is 2.40. The Kier molecular flexibility index (Phi) is 13.7. The number of carbonyl (C=O) groups excluding carboxylic acids is 2. The molecule has 2 saturated heterocycles. The van der Waals surface area contributed by atoms with E-state index in [9.17, 15) is 30.0 Å². The molecule has 0 bridgehead atoms. The maximum absolute atomic E-state index is 12.5. The minimum Gasteiger partial charge on any atom is -0.394 e. The number of rotatable bonds is 13. The van der Waals surface area contributed by atoms with Crippen LogP contribution in [-0.2, 0) is 19.1 Å². The van der Waals surface area contributed by atoms with Gasteiger partial charge >= 0.3 is 0 Å². The molecule has 2 aliphatic rings. The number of aliphatic hydroxyl groups is 4. The predicted octanol–water partition coefficient (Wildman–Crippen LogP) is -2.87. The molecular weight excluding hydrogens is 768 g/mol. The average Bonchev–Trinajstić information content (AvgIpc) is 3.95. The van der Waals surface area contributed by atoms with Crippen molar-refractivity contribution in [2.24, 2.45) is 11.5 Å². The van der Waals surface area contributed by atoms with Crippen LogP contribution in [0.2, 0.25) is 0 Å². The Morgan fingerprint density at radius 1 is 0.780 bits per heavy atom. The first-order chi connectivity index (χ1) is 28.0. The predicted molar refractivity (Wildman–Crippen MR) is 214 cm³/mol. The minimum atomic E-state index is -1.31. The smallest absolute Gasteiger partial charge is 0.238 e. The first kappa shape index (κ1) is 44.5. The number of carbonyl (C=O) groups is 2. The number of amides is 2. The Labute approximate surface area is 340 Å². The highest BCUT2D eigenvalue weighted by molar-refractivity contribution is 5.85. The van der Waals surface area contributed by atoms with E-state index in [2.05, 4.69) is 52.4 Å². The molecule has 0 spiro atoms. The van der Waals surface area contributed by atoms with Gasteiger partial charge in [0.15, 0.2) is 46.4 Å². The molecule has 2 amide bonds. The van der Waals surface area contributed by atoms with E-state index >= 15 is 0 Å². The molecule has 0 saturated carbocycles. The number of fused-ring (bicyclic) bond motifs is 2. The second-order valence-corrected chi connectivity index (χ2v) is 15.0. The summed E-state index contributed by atoms with van der Waals surface area (Å²) in [6, 6.07) is -1.78. The van der Waals surface area contributed by atoms with E-state index in [1.165, 1.54) is 25.3 Å². The van der Waals surface area contributed by atoms with Crippen LogP contribution in [0.5, 0.6) is 0 Å². The number of terminal acetylenes is 2. The molecule has 10 atom stereocenters. The van der Waals surface area contributed by atoms with E-state index in [4.69, 9.17) is 33.8 Å². The summed E-state index contributed by atoms with van der Waals surface area (Å²) >= 11 is 0. The van der Waals surface area contributed by atoms with Crippen LogP contribution in [0, 0.1) is 24.7 Å². The molecule has 0 radical (unpaired) electrons. The van der Waals surface area contributed by atoms with Gasteiger partial charge in [0.05, 0.1) is 49.0 Å². The summed E-state index contributed by atoms with van der Waals surface area (Å²) < 4.78 is 14.9. The van der Waals surface area contributed by atoms with Gasteiger partial charge in [-0.2, -0.15) is 0 Å². The first-order valence-corrected chi connectivity index (χ1v) is 18.6. The number of aliphatic hydroxyl groups excluding tert-OH is 4. The van der Waals surface area contributed by atoms with E-state index < -0.39 is 85.1 Å². The van der Waals surface area contributed by atoms with Crippen molar-refractivity contribution in [1.29, 1.82) is 0 Å². The summed E-state index contributed by atoms with van der Waals surface area (Å²) in [6.45, 7) is 2.33. The van der Waals surface area contributed by atoms with Gasteiger partial charge in [0.1, 0.15) is 37.1 Å². The number of nitrogens with one attached hydrogen (secondary N) is 2. The van der Waals surface area contributed by atoms with Crippen molar-refractivity contribution in [3.63, 3.8) is 0 Å². The van der Waals surface area contributed by atoms with Crippen molar-refractivity contribution in [2.75, 3.05) is 51.2 Å². The second kappa shape index (κ2) is 18.1. The minimum absolute atomic E-state index is 0.0441. The third-order valence-corrected chi connectivity index (χ3v) is 10.5. The van der Waals surface area contributed by atoms with Crippen LogP contribution in [0.15, 0.2) is 25.3 Å². The third kappa shape index (κ3) is 8.48. The highest BCUT2D eigenvalue weighted by Gasteiger charge is 2.56. The van der Waals surface area contributed by atoms with Gasteiger partial charge in [0, 0.05) is 41.0 Å². The molecule has 4 aromatic rings. The molecule has 10 N–H and O–H groups in total. The fourth-order valence-corrected chi connectivity index (χ4v) is 6.96. The quantitative estimate of drug-likeness (QED) is 0.0629. The highest BCUT2D eigenvalue weighted by atomic mass is 16.6. The number of nitrogens with two attached hydrogens (primary N) is 2. The molecule has 22 heteroatoms. The topological polar surface area (TPSA) is 303 Å². The van der Waals surface area contributed by atoms with Crippen LogP contribution in [0.25, 0.3) is 22.3 Å². The molecular formula is C37H52N14O8. The maximum Gasteiger partial charge on any atom is 0.238 e. The number of aromatic nitrogens is 8. The summed E-state index contributed by atoms with van der Waals surface area (Å²) in [5.41, 5.74) is 11.0. The molecule has 59 heavy (non-hydrogen) atoms. The van der Waals surface area contributed by atoms with Gasteiger partial charge in [-0.15, -0.1) is 24.7 Å². The molecule has 0 aromatic carbocycles. The van der Waals surface area contributed by atoms with Crippen LogP contribution in [0.1, 0.15) is 45.6 Å². The van der Waals surface area contributed by atoms with Crippen molar-refractivity contribution in [3.8, 4) is 24.7 Å². The fourth-order valence-electron chi connectivity index (χ4n) is 6.96. The average molecular weight is 821 g/mol. The molecule has 0 aliphatic carbocycles. The first-order valence-electron chi connectivity index (χ1n) is 18.6. The number of hydrogen-bond acceptors (Lipinski definition) is 18. The number of hydrogen-bond donors (Lipinski definition) is 8. The maximum atomic E-state index is 12.5. The fraction of sp³-hybridized carbons (Fsp3) is 0.568. The Morgan fingerprint density at radius 3 is 1.58 bits per heavy atom. The van der Waals surface area contributed by atoms with Gasteiger partial charge in [0.2, 0.25) is 11.8 Å². The summed E-state index contributed by atoms with van der Waals surface area (Å²) in [6.07, 6.45) is 10.8. The Morgan fingerprint density at radius 2 is 1.20 bits per heavy atom. The molecule has 318 valence electrons. The molecule has 6 heterocycles. The normalized spacial score (nSPS) is 27.3. The largest absolute Gasteiger partial charge is 0.394 e. The van der Waals surface area contributed by atoms with E-state index in [1.807, 2.05) is 28.2 Å².